The summed E-state index contributed by atoms with van der Waals surface area (Å²) in [5.74, 6) is 0.128. The SMILES string of the molecule is CC(CC(=O)N1CCN(c2ccc(F)cc2)CC1)c1cccnc1. The number of carbonyl (C=O) groups is 1. The largest absolute Gasteiger partial charge is 0.368 e. The third-order valence-electron chi connectivity index (χ3n) is 4.56. The lowest BCUT2D eigenvalue weighted by molar-refractivity contribution is -0.131. The van der Waals surface area contributed by atoms with Gasteiger partial charge in [-0.2, -0.15) is 0 Å². The highest BCUT2D eigenvalue weighted by molar-refractivity contribution is 5.77. The van der Waals surface area contributed by atoms with E-state index in [1.165, 1.54) is 12.1 Å². The molecule has 4 nitrogen and oxygen atoms in total. The van der Waals surface area contributed by atoms with Crippen LogP contribution >= 0.6 is 0 Å². The van der Waals surface area contributed by atoms with Crippen LogP contribution in [-0.4, -0.2) is 42.0 Å². The number of pyridine rings is 1. The molecule has 3 rings (SSSR count). The molecule has 1 aliphatic heterocycles. The van der Waals surface area contributed by atoms with Crippen molar-refractivity contribution in [3.63, 3.8) is 0 Å². The number of aromatic nitrogens is 1. The zero-order chi connectivity index (χ0) is 16.9. The summed E-state index contributed by atoms with van der Waals surface area (Å²) in [6, 6.07) is 10.4. The van der Waals surface area contributed by atoms with Crippen LogP contribution in [0.1, 0.15) is 24.8 Å². The molecule has 0 saturated carbocycles. The van der Waals surface area contributed by atoms with E-state index in [2.05, 4.69) is 16.8 Å². The molecule has 5 heteroatoms. The van der Waals surface area contributed by atoms with Crippen LogP contribution in [0.4, 0.5) is 10.1 Å². The van der Waals surface area contributed by atoms with Crippen molar-refractivity contribution in [2.24, 2.45) is 0 Å². The van der Waals surface area contributed by atoms with Crippen molar-refractivity contribution in [3.8, 4) is 0 Å². The molecule has 1 amide bonds. The Bertz CT molecular complexity index is 667. The Balaban J connectivity index is 1.52. The van der Waals surface area contributed by atoms with E-state index in [0.29, 0.717) is 19.5 Å². The third kappa shape index (κ3) is 3.91. The maximum atomic E-state index is 13.0. The minimum Gasteiger partial charge on any atom is -0.368 e. The van der Waals surface area contributed by atoms with Gasteiger partial charge in [-0.3, -0.25) is 9.78 Å². The molecule has 1 aromatic carbocycles. The van der Waals surface area contributed by atoms with Crippen LogP contribution in [0.15, 0.2) is 48.8 Å². The molecule has 1 saturated heterocycles. The Morgan fingerprint density at radius 2 is 1.88 bits per heavy atom. The highest BCUT2D eigenvalue weighted by atomic mass is 19.1. The second-order valence-corrected chi connectivity index (χ2v) is 6.24. The fraction of sp³-hybridized carbons (Fsp3) is 0.368. The summed E-state index contributed by atoms with van der Waals surface area (Å²) in [6.45, 7) is 5.02. The molecule has 0 spiro atoms. The molecular weight excluding hydrogens is 305 g/mol. The molecule has 0 aliphatic carbocycles. The molecule has 0 radical (unpaired) electrons. The first-order valence-corrected chi connectivity index (χ1v) is 8.31. The number of anilines is 1. The van der Waals surface area contributed by atoms with Gasteiger partial charge in [0.05, 0.1) is 0 Å². The van der Waals surface area contributed by atoms with Crippen LogP contribution in [0.25, 0.3) is 0 Å². The summed E-state index contributed by atoms with van der Waals surface area (Å²) in [5, 5.41) is 0. The maximum Gasteiger partial charge on any atom is 0.223 e. The molecule has 2 aromatic rings. The third-order valence-corrected chi connectivity index (χ3v) is 4.56. The average molecular weight is 327 g/mol. The Labute approximate surface area is 141 Å². The fourth-order valence-corrected chi connectivity index (χ4v) is 3.04. The van der Waals surface area contributed by atoms with Crippen LogP contribution in [0.2, 0.25) is 0 Å². The standard InChI is InChI=1S/C19H22FN3O/c1-15(16-3-2-8-21-14-16)13-19(24)23-11-9-22(10-12-23)18-6-4-17(20)5-7-18/h2-8,14-15H,9-13H2,1H3. The number of halogens is 1. The number of rotatable bonds is 4. The Kier molecular flexibility index (Phi) is 5.08. The van der Waals surface area contributed by atoms with Crippen LogP contribution in [0.5, 0.6) is 0 Å². The van der Waals surface area contributed by atoms with Gasteiger partial charge in [-0.05, 0) is 41.8 Å². The van der Waals surface area contributed by atoms with Crippen LogP contribution in [0.3, 0.4) is 0 Å². The van der Waals surface area contributed by atoms with E-state index < -0.39 is 0 Å². The van der Waals surface area contributed by atoms with Crippen molar-refractivity contribution in [1.82, 2.24) is 9.88 Å². The van der Waals surface area contributed by atoms with Crippen LogP contribution < -0.4 is 4.90 Å². The smallest absolute Gasteiger partial charge is 0.223 e. The predicted molar refractivity (Wildman–Crippen MR) is 92.5 cm³/mol. The number of piperazine rings is 1. The maximum absolute atomic E-state index is 13.0. The van der Waals surface area contributed by atoms with Crippen LogP contribution in [0, 0.1) is 5.82 Å². The second-order valence-electron chi connectivity index (χ2n) is 6.24. The van der Waals surface area contributed by atoms with Gasteiger partial charge in [-0.25, -0.2) is 4.39 Å². The summed E-state index contributed by atoms with van der Waals surface area (Å²) >= 11 is 0. The lowest BCUT2D eigenvalue weighted by Crippen LogP contribution is -2.49. The van der Waals surface area contributed by atoms with Gasteiger partial charge in [0.25, 0.3) is 0 Å². The Morgan fingerprint density at radius 1 is 1.17 bits per heavy atom. The molecule has 126 valence electrons. The fourth-order valence-electron chi connectivity index (χ4n) is 3.04. The monoisotopic (exact) mass is 327 g/mol. The van der Waals surface area contributed by atoms with E-state index in [9.17, 15) is 9.18 Å². The molecular formula is C19H22FN3O. The van der Waals surface area contributed by atoms with Gasteiger partial charge in [0.2, 0.25) is 5.91 Å². The van der Waals surface area contributed by atoms with E-state index in [0.717, 1.165) is 24.3 Å². The predicted octanol–water partition coefficient (Wildman–Crippen LogP) is 3.06. The van der Waals surface area contributed by atoms with Crippen molar-refractivity contribution in [1.29, 1.82) is 0 Å². The van der Waals surface area contributed by atoms with E-state index in [4.69, 9.17) is 0 Å². The summed E-state index contributed by atoms with van der Waals surface area (Å²) in [4.78, 5) is 20.7. The first kappa shape index (κ1) is 16.4. The minimum absolute atomic E-state index is 0.168. The summed E-state index contributed by atoms with van der Waals surface area (Å²) in [6.07, 6.45) is 4.07. The molecule has 1 aromatic heterocycles. The number of nitrogens with zero attached hydrogens (tertiary/aromatic N) is 3. The van der Waals surface area contributed by atoms with E-state index >= 15 is 0 Å². The van der Waals surface area contributed by atoms with Gasteiger partial charge in [-0.1, -0.05) is 13.0 Å². The number of carbonyl (C=O) groups excluding carboxylic acids is 1. The molecule has 2 heterocycles. The quantitative estimate of drug-likeness (QED) is 0.866. The summed E-state index contributed by atoms with van der Waals surface area (Å²) in [7, 11) is 0. The van der Waals surface area contributed by atoms with Crippen molar-refractivity contribution in [2.75, 3.05) is 31.1 Å². The molecule has 1 atom stereocenters. The van der Waals surface area contributed by atoms with E-state index in [-0.39, 0.29) is 17.6 Å². The summed E-state index contributed by atoms with van der Waals surface area (Å²) in [5.41, 5.74) is 2.10. The van der Waals surface area contributed by atoms with Crippen molar-refractivity contribution < 1.29 is 9.18 Å². The van der Waals surface area contributed by atoms with Gasteiger partial charge in [0, 0.05) is 50.7 Å². The molecule has 0 bridgehead atoms. The summed E-state index contributed by atoms with van der Waals surface area (Å²) < 4.78 is 13.0. The Morgan fingerprint density at radius 3 is 2.50 bits per heavy atom. The average Bonchev–Trinajstić information content (AvgIpc) is 2.63. The molecule has 24 heavy (non-hydrogen) atoms. The molecule has 1 fully saturated rings. The number of hydrogen-bond donors (Lipinski definition) is 0. The second kappa shape index (κ2) is 7.43. The van der Waals surface area contributed by atoms with Crippen LogP contribution in [-0.2, 0) is 4.79 Å². The zero-order valence-electron chi connectivity index (χ0n) is 13.9. The minimum atomic E-state index is -0.225. The van der Waals surface area contributed by atoms with Gasteiger partial charge >= 0.3 is 0 Å². The highest BCUT2D eigenvalue weighted by Crippen LogP contribution is 2.21. The lowest BCUT2D eigenvalue weighted by Gasteiger charge is -2.36. The van der Waals surface area contributed by atoms with Gasteiger partial charge < -0.3 is 9.80 Å². The topological polar surface area (TPSA) is 36.4 Å². The Hall–Kier alpha value is -2.43. The van der Waals surface area contributed by atoms with Crippen molar-refractivity contribution >= 4 is 11.6 Å². The van der Waals surface area contributed by atoms with Gasteiger partial charge in [-0.15, -0.1) is 0 Å². The number of hydrogen-bond acceptors (Lipinski definition) is 3. The molecule has 1 unspecified atom stereocenters. The van der Waals surface area contributed by atoms with Crippen molar-refractivity contribution in [3.05, 3.63) is 60.2 Å². The van der Waals surface area contributed by atoms with Crippen molar-refractivity contribution in [2.45, 2.75) is 19.3 Å². The molecule has 1 aliphatic rings. The first-order valence-electron chi connectivity index (χ1n) is 8.31. The zero-order valence-corrected chi connectivity index (χ0v) is 13.9. The van der Waals surface area contributed by atoms with E-state index in [1.807, 2.05) is 23.2 Å². The number of benzene rings is 1. The van der Waals surface area contributed by atoms with E-state index in [1.54, 1.807) is 18.3 Å². The van der Waals surface area contributed by atoms with Gasteiger partial charge in [0.15, 0.2) is 0 Å². The lowest BCUT2D eigenvalue weighted by atomic mass is 9.99. The first-order chi connectivity index (χ1) is 11.6. The van der Waals surface area contributed by atoms with Gasteiger partial charge in [0.1, 0.15) is 5.82 Å². The normalized spacial score (nSPS) is 16.1. The highest BCUT2D eigenvalue weighted by Gasteiger charge is 2.23. The molecule has 0 N–H and O–H groups in total. The number of amides is 1.